The van der Waals surface area contributed by atoms with Crippen LogP contribution in [0.25, 0.3) is 5.95 Å². The molecule has 3 rings (SSSR count). The number of rotatable bonds is 2. The first-order valence-corrected chi connectivity index (χ1v) is 4.83. The van der Waals surface area contributed by atoms with Crippen LogP contribution in [0.4, 0.5) is 5.95 Å². The predicted octanol–water partition coefficient (Wildman–Crippen LogP) is 0.517. The second-order valence-electron chi connectivity index (χ2n) is 3.60. The van der Waals surface area contributed by atoms with Crippen molar-refractivity contribution in [3.05, 3.63) is 24.5 Å². The number of hydrogen-bond donors (Lipinski definition) is 1. The Balaban J connectivity index is 2.07. The molecule has 1 saturated carbocycles. The van der Waals surface area contributed by atoms with Crippen molar-refractivity contribution in [2.45, 2.75) is 18.8 Å². The summed E-state index contributed by atoms with van der Waals surface area (Å²) in [6.07, 6.45) is 7.40. The lowest BCUT2D eigenvalue weighted by Gasteiger charge is -2.03. The van der Waals surface area contributed by atoms with Crippen molar-refractivity contribution < 1.29 is 0 Å². The molecule has 0 amide bonds. The van der Waals surface area contributed by atoms with Gasteiger partial charge in [-0.3, -0.25) is 4.57 Å². The summed E-state index contributed by atoms with van der Waals surface area (Å²) in [7, 11) is 0. The van der Waals surface area contributed by atoms with Crippen LogP contribution < -0.4 is 5.73 Å². The lowest BCUT2D eigenvalue weighted by Crippen LogP contribution is -2.07. The summed E-state index contributed by atoms with van der Waals surface area (Å²) in [6.45, 7) is 0. The number of hydrogen-bond acceptors (Lipinski definition) is 5. The summed E-state index contributed by atoms with van der Waals surface area (Å²) < 4.78 is 1.73. The summed E-state index contributed by atoms with van der Waals surface area (Å²) in [4.78, 5) is 16.5. The summed E-state index contributed by atoms with van der Waals surface area (Å²) in [5, 5.41) is 0. The van der Waals surface area contributed by atoms with E-state index in [-0.39, 0.29) is 5.95 Å². The SMILES string of the molecule is Nc1nc(C2CC2)nc(-n2ccnc2)n1. The van der Waals surface area contributed by atoms with Gasteiger partial charge >= 0.3 is 0 Å². The van der Waals surface area contributed by atoms with Crippen LogP contribution in [0.1, 0.15) is 24.6 Å². The lowest BCUT2D eigenvalue weighted by molar-refractivity contribution is 0.833. The molecule has 0 aliphatic heterocycles. The van der Waals surface area contributed by atoms with Crippen LogP contribution in [0.2, 0.25) is 0 Å². The Bertz CT molecular complexity index is 473. The maximum Gasteiger partial charge on any atom is 0.239 e. The predicted molar refractivity (Wildman–Crippen MR) is 53.3 cm³/mol. The number of nitrogens with two attached hydrogens (primary N) is 1. The fourth-order valence-electron chi connectivity index (χ4n) is 1.41. The van der Waals surface area contributed by atoms with Crippen LogP contribution in [-0.2, 0) is 0 Å². The van der Waals surface area contributed by atoms with Crippen LogP contribution in [0, 0.1) is 0 Å². The zero-order valence-corrected chi connectivity index (χ0v) is 8.04. The Hall–Kier alpha value is -1.98. The van der Waals surface area contributed by atoms with E-state index >= 15 is 0 Å². The van der Waals surface area contributed by atoms with Gasteiger partial charge in [-0.15, -0.1) is 0 Å². The van der Waals surface area contributed by atoms with Crippen molar-refractivity contribution in [1.29, 1.82) is 0 Å². The second-order valence-corrected chi connectivity index (χ2v) is 3.60. The topological polar surface area (TPSA) is 82.5 Å². The molecule has 2 heterocycles. The maximum absolute atomic E-state index is 5.64. The zero-order chi connectivity index (χ0) is 10.3. The number of anilines is 1. The van der Waals surface area contributed by atoms with Gasteiger partial charge in [-0.05, 0) is 12.8 Å². The van der Waals surface area contributed by atoms with Crippen molar-refractivity contribution in [3.63, 3.8) is 0 Å². The third-order valence-corrected chi connectivity index (χ3v) is 2.34. The molecule has 2 N–H and O–H groups in total. The molecule has 0 atom stereocenters. The molecule has 1 aliphatic rings. The van der Waals surface area contributed by atoms with Crippen molar-refractivity contribution in [2.75, 3.05) is 5.73 Å². The molecule has 0 spiro atoms. The molecule has 0 saturated heterocycles. The fraction of sp³-hybridized carbons (Fsp3) is 0.333. The third-order valence-electron chi connectivity index (χ3n) is 2.34. The van der Waals surface area contributed by atoms with E-state index in [0.717, 1.165) is 18.7 Å². The highest BCUT2D eigenvalue weighted by Gasteiger charge is 2.27. The first kappa shape index (κ1) is 8.34. The number of nitrogen functional groups attached to an aromatic ring is 1. The molecule has 0 aromatic carbocycles. The number of nitrogens with zero attached hydrogens (tertiary/aromatic N) is 5. The summed E-state index contributed by atoms with van der Waals surface area (Å²) in [5.74, 6) is 2.08. The molecule has 0 bridgehead atoms. The zero-order valence-electron chi connectivity index (χ0n) is 8.04. The Morgan fingerprint density at radius 1 is 1.27 bits per heavy atom. The van der Waals surface area contributed by atoms with Crippen molar-refractivity contribution in [2.24, 2.45) is 0 Å². The Morgan fingerprint density at radius 2 is 2.13 bits per heavy atom. The lowest BCUT2D eigenvalue weighted by atomic mass is 10.4. The van der Waals surface area contributed by atoms with Crippen LogP contribution in [0.15, 0.2) is 18.7 Å². The molecule has 2 aromatic heterocycles. The second kappa shape index (κ2) is 3.01. The van der Waals surface area contributed by atoms with Crippen molar-refractivity contribution in [1.82, 2.24) is 24.5 Å². The normalized spacial score (nSPS) is 15.5. The van der Waals surface area contributed by atoms with Gasteiger partial charge in [-0.1, -0.05) is 0 Å². The average molecular weight is 202 g/mol. The maximum atomic E-state index is 5.64. The van der Waals surface area contributed by atoms with Gasteiger partial charge in [0, 0.05) is 18.3 Å². The van der Waals surface area contributed by atoms with Gasteiger partial charge in [0.25, 0.3) is 0 Å². The monoisotopic (exact) mass is 202 g/mol. The number of imidazole rings is 1. The van der Waals surface area contributed by atoms with E-state index in [1.165, 1.54) is 0 Å². The molecule has 2 aromatic rings. The van der Waals surface area contributed by atoms with Gasteiger partial charge in [0.15, 0.2) is 0 Å². The molecule has 6 heteroatoms. The Labute approximate surface area is 86.2 Å². The van der Waals surface area contributed by atoms with E-state index < -0.39 is 0 Å². The third kappa shape index (κ3) is 1.54. The van der Waals surface area contributed by atoms with Crippen molar-refractivity contribution >= 4 is 5.95 Å². The first-order valence-electron chi connectivity index (χ1n) is 4.83. The van der Waals surface area contributed by atoms with Crippen molar-refractivity contribution in [3.8, 4) is 5.95 Å². The molecule has 6 nitrogen and oxygen atoms in total. The quantitative estimate of drug-likeness (QED) is 0.767. The van der Waals surface area contributed by atoms with E-state index in [1.807, 2.05) is 0 Å². The smallest absolute Gasteiger partial charge is 0.239 e. The number of aromatic nitrogens is 5. The van der Waals surface area contributed by atoms with E-state index in [4.69, 9.17) is 5.73 Å². The Kier molecular flexibility index (Phi) is 1.67. The molecular weight excluding hydrogens is 192 g/mol. The highest BCUT2D eigenvalue weighted by atomic mass is 15.2. The minimum Gasteiger partial charge on any atom is -0.368 e. The van der Waals surface area contributed by atoms with Crippen LogP contribution in [0.3, 0.4) is 0 Å². The Morgan fingerprint density at radius 3 is 2.80 bits per heavy atom. The standard InChI is InChI=1S/C9H10N6/c10-8-12-7(6-1-2-6)13-9(14-8)15-4-3-11-5-15/h3-6H,1-2H2,(H2,10,12,13,14). The fourth-order valence-corrected chi connectivity index (χ4v) is 1.41. The largest absolute Gasteiger partial charge is 0.368 e. The van der Waals surface area contributed by atoms with E-state index in [1.54, 1.807) is 23.3 Å². The molecule has 1 fully saturated rings. The van der Waals surface area contributed by atoms with Crippen LogP contribution >= 0.6 is 0 Å². The molecule has 15 heavy (non-hydrogen) atoms. The van der Waals surface area contributed by atoms with Gasteiger partial charge in [0.2, 0.25) is 11.9 Å². The molecule has 76 valence electrons. The molecule has 0 radical (unpaired) electrons. The molecule has 0 unspecified atom stereocenters. The van der Waals surface area contributed by atoms with E-state index in [9.17, 15) is 0 Å². The first-order chi connectivity index (χ1) is 7.33. The average Bonchev–Trinajstić information content (AvgIpc) is 2.93. The molecule has 1 aliphatic carbocycles. The van der Waals surface area contributed by atoms with Gasteiger partial charge in [-0.2, -0.15) is 15.0 Å². The minimum atomic E-state index is 0.274. The van der Waals surface area contributed by atoms with E-state index in [0.29, 0.717) is 11.9 Å². The van der Waals surface area contributed by atoms with Crippen LogP contribution in [-0.4, -0.2) is 24.5 Å². The van der Waals surface area contributed by atoms with Gasteiger partial charge in [-0.25, -0.2) is 4.98 Å². The highest BCUT2D eigenvalue weighted by Crippen LogP contribution is 2.38. The van der Waals surface area contributed by atoms with Crippen LogP contribution in [0.5, 0.6) is 0 Å². The minimum absolute atomic E-state index is 0.274. The van der Waals surface area contributed by atoms with Gasteiger partial charge in [0.1, 0.15) is 12.2 Å². The molecular formula is C9H10N6. The van der Waals surface area contributed by atoms with Gasteiger partial charge < -0.3 is 5.73 Å². The summed E-state index contributed by atoms with van der Waals surface area (Å²) in [6, 6.07) is 0. The van der Waals surface area contributed by atoms with E-state index in [2.05, 4.69) is 19.9 Å². The summed E-state index contributed by atoms with van der Waals surface area (Å²) in [5.41, 5.74) is 5.64. The highest BCUT2D eigenvalue weighted by molar-refractivity contribution is 5.25. The van der Waals surface area contributed by atoms with Gasteiger partial charge in [0.05, 0.1) is 0 Å². The summed E-state index contributed by atoms with van der Waals surface area (Å²) >= 11 is 0.